The summed E-state index contributed by atoms with van der Waals surface area (Å²) in [5.74, 6) is -15.7. The van der Waals surface area contributed by atoms with E-state index in [9.17, 15) is 47.9 Å². The maximum absolute atomic E-state index is 13.3. The molecular formula is C11H6F9O3S. The van der Waals surface area contributed by atoms with Gasteiger partial charge in [0.05, 0.1) is 0 Å². The number of hydrogen-bond acceptors (Lipinski definition) is 3. The molecule has 0 spiro atoms. The predicted octanol–water partition coefficient (Wildman–Crippen LogP) is 4.00. The molecule has 24 heavy (non-hydrogen) atoms. The number of benzene rings is 1. The zero-order valence-corrected chi connectivity index (χ0v) is 11.9. The van der Waals surface area contributed by atoms with Gasteiger partial charge in [-0.3, -0.25) is 0 Å². The summed E-state index contributed by atoms with van der Waals surface area (Å²) < 4.78 is 140. The minimum absolute atomic E-state index is 0.209. The molecule has 1 rings (SSSR count). The van der Waals surface area contributed by atoms with Crippen LogP contribution in [-0.4, -0.2) is 31.7 Å². The molecule has 1 radical (unpaired) electrons. The van der Waals surface area contributed by atoms with Crippen LogP contribution in [0.5, 0.6) is 5.75 Å². The molecule has 13 heteroatoms. The van der Waals surface area contributed by atoms with E-state index in [4.69, 9.17) is 0 Å². The van der Waals surface area contributed by atoms with Crippen LogP contribution < -0.4 is 4.18 Å². The molecule has 0 heterocycles. The lowest BCUT2D eigenvalue weighted by atomic mass is 10.1. The van der Waals surface area contributed by atoms with Gasteiger partial charge >= 0.3 is 33.4 Å². The standard InChI is InChI=1S/C11H6F9O3S/c1-6-2-4-7(5-3-6)23-24(21,22)11(19,20)9(14,15)8(12,13)10(16,17)18/h2-5H,1H2. The number of halogens is 9. The molecular weight excluding hydrogens is 383 g/mol. The summed E-state index contributed by atoms with van der Waals surface area (Å²) in [4.78, 5) is 0. The molecule has 0 fully saturated rings. The molecule has 1 aromatic rings. The Hall–Kier alpha value is -1.66. The molecule has 0 saturated heterocycles. The van der Waals surface area contributed by atoms with Crippen LogP contribution in [0.4, 0.5) is 39.5 Å². The highest BCUT2D eigenvalue weighted by atomic mass is 32.2. The first-order valence-corrected chi connectivity index (χ1v) is 6.94. The lowest BCUT2D eigenvalue weighted by Crippen LogP contribution is -2.63. The maximum atomic E-state index is 13.3. The topological polar surface area (TPSA) is 43.4 Å². The minimum Gasteiger partial charge on any atom is -0.378 e. The summed E-state index contributed by atoms with van der Waals surface area (Å²) in [6.45, 7) is 3.31. The molecule has 0 saturated carbocycles. The molecule has 1 aromatic carbocycles. The maximum Gasteiger partial charge on any atom is 0.460 e. The van der Waals surface area contributed by atoms with Crippen molar-refractivity contribution in [2.24, 2.45) is 0 Å². The number of rotatable bonds is 5. The SMILES string of the molecule is [CH2]c1ccc(OS(=O)(=O)C(F)(F)C(F)(F)C(F)(F)C(F)(F)F)cc1. The minimum atomic E-state index is -7.34. The molecule has 0 bridgehead atoms. The molecule has 0 aliphatic heterocycles. The highest BCUT2D eigenvalue weighted by Crippen LogP contribution is 2.54. The van der Waals surface area contributed by atoms with Crippen molar-refractivity contribution in [1.82, 2.24) is 0 Å². The molecule has 3 nitrogen and oxygen atoms in total. The summed E-state index contributed by atoms with van der Waals surface area (Å²) in [5, 5.41) is -6.89. The van der Waals surface area contributed by atoms with Crippen molar-refractivity contribution in [2.45, 2.75) is 23.3 Å². The molecule has 0 unspecified atom stereocenters. The van der Waals surface area contributed by atoms with Crippen molar-refractivity contribution in [3.8, 4) is 5.75 Å². The van der Waals surface area contributed by atoms with E-state index < -0.39 is 39.1 Å². The van der Waals surface area contributed by atoms with Crippen molar-refractivity contribution in [3.05, 3.63) is 36.8 Å². The Morgan fingerprint density at radius 2 is 1.21 bits per heavy atom. The van der Waals surface area contributed by atoms with Gasteiger partial charge in [-0.2, -0.15) is 47.9 Å². The fourth-order valence-corrected chi connectivity index (χ4v) is 2.15. The van der Waals surface area contributed by atoms with E-state index in [1.807, 2.05) is 0 Å². The zero-order valence-electron chi connectivity index (χ0n) is 11.1. The summed E-state index contributed by atoms with van der Waals surface area (Å²) in [5.41, 5.74) is 0.209. The molecule has 0 aliphatic rings. The van der Waals surface area contributed by atoms with Crippen molar-refractivity contribution in [3.63, 3.8) is 0 Å². The Bertz CT molecular complexity index is 692. The van der Waals surface area contributed by atoms with Crippen LogP contribution >= 0.6 is 0 Å². The largest absolute Gasteiger partial charge is 0.460 e. The van der Waals surface area contributed by atoms with Gasteiger partial charge < -0.3 is 4.18 Å². The second-order valence-electron chi connectivity index (χ2n) is 4.34. The Balaban J connectivity index is 3.32. The first-order chi connectivity index (χ1) is 10.5. The average Bonchev–Trinajstić information content (AvgIpc) is 2.39. The van der Waals surface area contributed by atoms with Crippen molar-refractivity contribution < 1.29 is 52.1 Å². The Kier molecular flexibility index (Phi) is 4.85. The van der Waals surface area contributed by atoms with E-state index in [0.29, 0.717) is 12.1 Å². The second kappa shape index (κ2) is 5.70. The van der Waals surface area contributed by atoms with E-state index in [2.05, 4.69) is 11.1 Å². The van der Waals surface area contributed by atoms with Gasteiger partial charge in [0.15, 0.2) is 0 Å². The van der Waals surface area contributed by atoms with Crippen LogP contribution in [0.1, 0.15) is 5.56 Å². The zero-order chi connectivity index (χ0) is 19.2. The van der Waals surface area contributed by atoms with E-state index in [1.165, 1.54) is 0 Å². The first kappa shape index (κ1) is 20.4. The molecule has 0 amide bonds. The lowest BCUT2D eigenvalue weighted by molar-refractivity contribution is -0.382. The Morgan fingerprint density at radius 3 is 1.58 bits per heavy atom. The van der Waals surface area contributed by atoms with Gasteiger partial charge in [0.2, 0.25) is 0 Å². The van der Waals surface area contributed by atoms with Crippen molar-refractivity contribution in [2.75, 3.05) is 0 Å². The first-order valence-electron chi connectivity index (χ1n) is 5.53. The van der Waals surface area contributed by atoms with Gasteiger partial charge in [0.1, 0.15) is 5.75 Å². The third-order valence-electron chi connectivity index (χ3n) is 2.56. The van der Waals surface area contributed by atoms with Crippen LogP contribution in [0.25, 0.3) is 0 Å². The Labute approximate surface area is 129 Å². The van der Waals surface area contributed by atoms with Crippen molar-refractivity contribution >= 4 is 10.1 Å². The fourth-order valence-electron chi connectivity index (χ4n) is 1.24. The molecule has 0 aliphatic carbocycles. The third-order valence-corrected chi connectivity index (χ3v) is 3.86. The van der Waals surface area contributed by atoms with Crippen LogP contribution in [0.3, 0.4) is 0 Å². The summed E-state index contributed by atoms with van der Waals surface area (Å²) in [7, 11) is -6.91. The summed E-state index contributed by atoms with van der Waals surface area (Å²) >= 11 is 0. The van der Waals surface area contributed by atoms with E-state index >= 15 is 0 Å². The predicted molar refractivity (Wildman–Crippen MR) is 61.3 cm³/mol. The van der Waals surface area contributed by atoms with Gasteiger partial charge in [-0.15, -0.1) is 0 Å². The van der Waals surface area contributed by atoms with Crippen LogP contribution in [0, 0.1) is 6.92 Å². The highest BCUT2D eigenvalue weighted by Gasteiger charge is 2.86. The molecule has 137 valence electrons. The summed E-state index contributed by atoms with van der Waals surface area (Å²) in [6, 6.07) is 3.25. The highest BCUT2D eigenvalue weighted by molar-refractivity contribution is 7.88. The summed E-state index contributed by atoms with van der Waals surface area (Å²) in [6.07, 6.45) is -7.13. The van der Waals surface area contributed by atoms with Crippen molar-refractivity contribution in [1.29, 1.82) is 0 Å². The monoisotopic (exact) mass is 389 g/mol. The van der Waals surface area contributed by atoms with Crippen LogP contribution in [0.15, 0.2) is 24.3 Å². The van der Waals surface area contributed by atoms with E-state index in [-0.39, 0.29) is 5.56 Å². The molecule has 0 N–H and O–H groups in total. The number of alkyl halides is 9. The Morgan fingerprint density at radius 1 is 0.792 bits per heavy atom. The molecule has 0 atom stereocenters. The van der Waals surface area contributed by atoms with E-state index in [1.54, 1.807) is 0 Å². The second-order valence-corrected chi connectivity index (χ2v) is 5.93. The average molecular weight is 389 g/mol. The molecule has 0 aromatic heterocycles. The lowest BCUT2D eigenvalue weighted by Gasteiger charge is -2.32. The third kappa shape index (κ3) is 3.13. The van der Waals surface area contributed by atoms with Crippen LogP contribution in [0.2, 0.25) is 0 Å². The van der Waals surface area contributed by atoms with Gasteiger partial charge in [0, 0.05) is 0 Å². The van der Waals surface area contributed by atoms with E-state index in [0.717, 1.165) is 12.1 Å². The fraction of sp³-hybridized carbons (Fsp3) is 0.364. The quantitative estimate of drug-likeness (QED) is 0.565. The van der Waals surface area contributed by atoms with Gasteiger partial charge in [-0.05, 0) is 24.6 Å². The van der Waals surface area contributed by atoms with Gasteiger partial charge in [-0.1, -0.05) is 12.1 Å². The smallest absolute Gasteiger partial charge is 0.378 e. The van der Waals surface area contributed by atoms with Gasteiger partial charge in [-0.25, -0.2) is 0 Å². The van der Waals surface area contributed by atoms with Crippen LogP contribution in [-0.2, 0) is 10.1 Å². The number of hydrogen-bond donors (Lipinski definition) is 0. The van der Waals surface area contributed by atoms with Gasteiger partial charge in [0.25, 0.3) is 0 Å². The normalized spacial score (nSPS) is 14.6.